The Morgan fingerprint density at radius 2 is 1.81 bits per heavy atom. The molecule has 2 nitrogen and oxygen atoms in total. The summed E-state index contributed by atoms with van der Waals surface area (Å²) in [4.78, 5) is 11.5. The third-order valence-corrected chi connectivity index (χ3v) is 5.31. The Kier molecular flexibility index (Phi) is 1.29. The zero-order chi connectivity index (χ0) is 11.0. The molecule has 3 aliphatic carbocycles. The number of carboxylic acids is 1. The number of carbonyl (C=O) groups is 1. The van der Waals surface area contributed by atoms with E-state index in [0.717, 1.165) is 12.8 Å². The number of rotatable bonds is 2. The third kappa shape index (κ3) is 0.602. The van der Waals surface area contributed by atoms with Gasteiger partial charge in [0.25, 0.3) is 0 Å². The molecule has 4 atom stereocenters. The fraction of sp³-hybridized carbons (Fsp3) is 0.500. The summed E-state index contributed by atoms with van der Waals surface area (Å²) in [6.45, 7) is 0. The van der Waals surface area contributed by atoms with E-state index in [0.29, 0.717) is 11.8 Å². The van der Waals surface area contributed by atoms with E-state index in [9.17, 15) is 9.90 Å². The fourth-order valence-corrected chi connectivity index (χ4v) is 4.86. The predicted molar refractivity (Wildman–Crippen MR) is 59.0 cm³/mol. The van der Waals surface area contributed by atoms with Crippen LogP contribution < -0.4 is 0 Å². The standard InChI is InChI=1S/C14H14O2/c15-12(16)14-10-7-4-8-11(14)13(10,14)9-5-2-1-3-6-9/h1-3,5-6,10-11H,4,7-8H2,(H,15,16)/t10-,11+,13?,14?. The number of hydrogen-bond acceptors (Lipinski definition) is 1. The molecule has 0 spiro atoms. The summed E-state index contributed by atoms with van der Waals surface area (Å²) in [5.41, 5.74) is 0.956. The molecule has 2 heteroatoms. The minimum Gasteiger partial charge on any atom is -0.481 e. The van der Waals surface area contributed by atoms with Gasteiger partial charge in [-0.25, -0.2) is 0 Å². The first-order chi connectivity index (χ1) is 7.77. The van der Waals surface area contributed by atoms with Crippen molar-refractivity contribution in [1.29, 1.82) is 0 Å². The van der Waals surface area contributed by atoms with Crippen molar-refractivity contribution in [2.75, 3.05) is 0 Å². The smallest absolute Gasteiger partial charge is 0.311 e. The van der Waals surface area contributed by atoms with E-state index in [-0.39, 0.29) is 10.8 Å². The van der Waals surface area contributed by atoms with Gasteiger partial charge in [0, 0.05) is 5.41 Å². The Balaban J connectivity index is 1.84. The van der Waals surface area contributed by atoms with Gasteiger partial charge in [-0.3, -0.25) is 4.79 Å². The minimum atomic E-state index is -0.550. The van der Waals surface area contributed by atoms with Crippen LogP contribution in [0.3, 0.4) is 0 Å². The molecule has 1 aromatic carbocycles. The van der Waals surface area contributed by atoms with E-state index in [1.54, 1.807) is 0 Å². The second-order valence-electron chi connectivity index (χ2n) is 5.45. The normalized spacial score (nSPS) is 47.0. The first-order valence-corrected chi connectivity index (χ1v) is 6.06. The molecule has 3 aliphatic rings. The number of aliphatic carboxylic acids is 1. The van der Waals surface area contributed by atoms with Crippen LogP contribution in [0, 0.1) is 17.3 Å². The topological polar surface area (TPSA) is 37.3 Å². The monoisotopic (exact) mass is 214 g/mol. The Morgan fingerprint density at radius 3 is 2.31 bits per heavy atom. The molecule has 82 valence electrons. The third-order valence-electron chi connectivity index (χ3n) is 5.31. The van der Waals surface area contributed by atoms with Gasteiger partial charge in [-0.05, 0) is 30.2 Å². The molecule has 0 aliphatic heterocycles. The van der Waals surface area contributed by atoms with Gasteiger partial charge in [-0.2, -0.15) is 0 Å². The highest BCUT2D eigenvalue weighted by atomic mass is 16.4. The Morgan fingerprint density at radius 1 is 1.19 bits per heavy atom. The summed E-state index contributed by atoms with van der Waals surface area (Å²) < 4.78 is 0. The summed E-state index contributed by atoms with van der Waals surface area (Å²) in [6.07, 6.45) is 3.44. The van der Waals surface area contributed by atoms with Gasteiger partial charge < -0.3 is 5.11 Å². The van der Waals surface area contributed by atoms with Gasteiger partial charge in [-0.15, -0.1) is 0 Å². The first kappa shape index (κ1) is 8.80. The minimum absolute atomic E-state index is 0.0400. The summed E-state index contributed by atoms with van der Waals surface area (Å²) in [5.74, 6) is 0.309. The molecule has 1 N–H and O–H groups in total. The maximum Gasteiger partial charge on any atom is 0.311 e. The van der Waals surface area contributed by atoms with Crippen molar-refractivity contribution >= 4 is 5.97 Å². The van der Waals surface area contributed by atoms with Gasteiger partial charge in [-0.1, -0.05) is 36.8 Å². The summed E-state index contributed by atoms with van der Waals surface area (Å²) in [6, 6.07) is 10.3. The second-order valence-corrected chi connectivity index (χ2v) is 5.45. The molecule has 4 rings (SSSR count). The fourth-order valence-electron chi connectivity index (χ4n) is 4.86. The van der Waals surface area contributed by atoms with Crippen LogP contribution in [0.1, 0.15) is 24.8 Å². The van der Waals surface area contributed by atoms with Gasteiger partial charge in [0.05, 0.1) is 5.41 Å². The van der Waals surface area contributed by atoms with Crippen molar-refractivity contribution in [2.24, 2.45) is 17.3 Å². The molecule has 3 saturated carbocycles. The lowest BCUT2D eigenvalue weighted by molar-refractivity contribution is -0.143. The van der Waals surface area contributed by atoms with Crippen LogP contribution >= 0.6 is 0 Å². The van der Waals surface area contributed by atoms with Crippen LogP contribution in [0.2, 0.25) is 0 Å². The molecular weight excluding hydrogens is 200 g/mol. The molecule has 0 radical (unpaired) electrons. The predicted octanol–water partition coefficient (Wildman–Crippen LogP) is 2.44. The summed E-state index contributed by atoms with van der Waals surface area (Å²) in [7, 11) is 0. The quantitative estimate of drug-likeness (QED) is 0.821. The maximum absolute atomic E-state index is 11.5. The highest BCUT2D eigenvalue weighted by molar-refractivity contribution is 5.92. The van der Waals surface area contributed by atoms with E-state index in [4.69, 9.17) is 0 Å². The molecule has 16 heavy (non-hydrogen) atoms. The Hall–Kier alpha value is -1.31. The molecule has 3 fully saturated rings. The lowest BCUT2D eigenvalue weighted by Gasteiger charge is -2.26. The first-order valence-electron chi connectivity index (χ1n) is 6.06. The van der Waals surface area contributed by atoms with Gasteiger partial charge >= 0.3 is 5.97 Å². The SMILES string of the molecule is O=C(O)C12[C@H]3CCC[C@@H]1C32c1ccccc1. The lowest BCUT2D eigenvalue weighted by atomic mass is 9.77. The molecule has 1 aromatic rings. The highest BCUT2D eigenvalue weighted by Gasteiger charge is 3.01. The van der Waals surface area contributed by atoms with Gasteiger partial charge in [0.15, 0.2) is 0 Å². The van der Waals surface area contributed by atoms with Crippen molar-refractivity contribution < 1.29 is 9.90 Å². The van der Waals surface area contributed by atoms with Crippen LogP contribution in [-0.2, 0) is 10.2 Å². The van der Waals surface area contributed by atoms with E-state index in [1.165, 1.54) is 12.0 Å². The zero-order valence-corrected chi connectivity index (χ0v) is 9.02. The molecule has 2 unspecified atom stereocenters. The van der Waals surface area contributed by atoms with Crippen molar-refractivity contribution in [2.45, 2.75) is 24.7 Å². The van der Waals surface area contributed by atoms with Crippen LogP contribution in [0.15, 0.2) is 30.3 Å². The number of carboxylic acid groups (broad SMARTS) is 1. The van der Waals surface area contributed by atoms with Gasteiger partial charge in [0.1, 0.15) is 0 Å². The van der Waals surface area contributed by atoms with Gasteiger partial charge in [0.2, 0.25) is 0 Å². The van der Waals surface area contributed by atoms with Crippen molar-refractivity contribution in [3.8, 4) is 0 Å². The van der Waals surface area contributed by atoms with E-state index in [1.807, 2.05) is 18.2 Å². The van der Waals surface area contributed by atoms with Crippen molar-refractivity contribution in [3.05, 3.63) is 35.9 Å². The maximum atomic E-state index is 11.5. The van der Waals surface area contributed by atoms with Crippen molar-refractivity contribution in [3.63, 3.8) is 0 Å². The van der Waals surface area contributed by atoms with E-state index >= 15 is 0 Å². The average molecular weight is 214 g/mol. The molecule has 0 saturated heterocycles. The van der Waals surface area contributed by atoms with E-state index < -0.39 is 5.97 Å². The summed E-state index contributed by atoms with van der Waals surface area (Å²) >= 11 is 0. The lowest BCUT2D eigenvalue weighted by Crippen LogP contribution is -2.25. The van der Waals surface area contributed by atoms with E-state index in [2.05, 4.69) is 12.1 Å². The van der Waals surface area contributed by atoms with Crippen LogP contribution in [0.5, 0.6) is 0 Å². The average Bonchev–Trinajstić information content (AvgIpc) is 3.17. The zero-order valence-electron chi connectivity index (χ0n) is 9.02. The van der Waals surface area contributed by atoms with Crippen LogP contribution in [-0.4, -0.2) is 11.1 Å². The largest absolute Gasteiger partial charge is 0.481 e. The molecule has 0 aromatic heterocycles. The molecule has 0 bridgehead atoms. The Bertz CT molecular complexity index is 465. The molecule has 0 heterocycles. The second kappa shape index (κ2) is 2.34. The van der Waals surface area contributed by atoms with Crippen molar-refractivity contribution in [1.82, 2.24) is 0 Å². The molecular formula is C14H14O2. The highest BCUT2D eigenvalue weighted by Crippen LogP contribution is 2.96. The number of benzene rings is 1. The summed E-state index contributed by atoms with van der Waals surface area (Å²) in [5, 5.41) is 9.49. The van der Waals surface area contributed by atoms with Crippen LogP contribution in [0.4, 0.5) is 0 Å². The van der Waals surface area contributed by atoms with Crippen LogP contribution in [0.25, 0.3) is 0 Å². The molecule has 0 amide bonds. The Labute approximate surface area is 94.3 Å². The number of hydrogen-bond donors (Lipinski definition) is 1. The number of fused-ring (bicyclic) bond motifs is 2.